The minimum absolute atomic E-state index is 0.0240. The Hall–Kier alpha value is -10.3. The maximum absolute atomic E-state index is 12.8. The minimum atomic E-state index is -0.0683. The van der Waals surface area contributed by atoms with Gasteiger partial charge in [0.25, 0.3) is 0 Å². The standard InChI is InChI=1S/C22H23ClN2O3.2C21H21ClN2O3.C20H20N2O3/c1-13-11-25(12-14(2)24-13)16-5-7-20-17(9-16)19(26)10-22(28-20)15-4-6-21(27-3)18(23)8-15;2*1-13-12-24(8-7-23-13)15-4-6-19-16(10-15)18(25)11-21(27-19)14-3-5-20(26-2)17(22)9-14;1-24-16-5-2-14(3-6-16)20-13-18(23)17-12-15(4-7-19(17)25-20)22-10-8-21-9-11-22/h4-10,13-14,24H,11-12H2,1-3H3;2*3-6,9-11,13,23H,7-8,12H2,1-2H3;2-7,12-13,21H,8-11H2,1H3/t13-,14+;2*13-;/m.10./s1. The van der Waals surface area contributed by atoms with Gasteiger partial charge in [0, 0.05) is 172 Å². The normalized spacial score (nSPS) is 17.3. The van der Waals surface area contributed by atoms with Crippen LogP contribution in [0.1, 0.15) is 27.7 Å². The van der Waals surface area contributed by atoms with Crippen molar-refractivity contribution in [2.45, 2.75) is 51.9 Å². The molecule has 4 aliphatic heterocycles. The number of benzene rings is 8. The first-order chi connectivity index (χ1) is 51.8. The Morgan fingerprint density at radius 1 is 0.336 bits per heavy atom. The van der Waals surface area contributed by atoms with E-state index < -0.39 is 0 Å². The summed E-state index contributed by atoms with van der Waals surface area (Å²) in [4.78, 5) is 60.0. The van der Waals surface area contributed by atoms with Crippen LogP contribution in [0.3, 0.4) is 0 Å². The van der Waals surface area contributed by atoms with Gasteiger partial charge in [-0.15, -0.1) is 0 Å². The quantitative estimate of drug-likeness (QED) is 0.0893. The van der Waals surface area contributed by atoms with Gasteiger partial charge in [0.05, 0.1) is 65.1 Å². The Morgan fingerprint density at radius 3 is 0.972 bits per heavy atom. The number of nitrogens with one attached hydrogen (secondary N) is 4. The van der Waals surface area contributed by atoms with Gasteiger partial charge in [-0.1, -0.05) is 34.8 Å². The fourth-order valence-electron chi connectivity index (χ4n) is 13.9. The molecule has 0 radical (unpaired) electrons. The predicted octanol–water partition coefficient (Wildman–Crippen LogP) is 15.0. The van der Waals surface area contributed by atoms with E-state index in [1.807, 2.05) is 115 Å². The van der Waals surface area contributed by atoms with Gasteiger partial charge in [-0.2, -0.15) is 0 Å². The first-order valence-electron chi connectivity index (χ1n) is 35.7. The van der Waals surface area contributed by atoms with Crippen molar-refractivity contribution in [2.24, 2.45) is 0 Å². The molecule has 23 heteroatoms. The predicted molar refractivity (Wildman–Crippen MR) is 432 cm³/mol. The molecule has 4 fully saturated rings. The lowest BCUT2D eigenvalue weighted by atomic mass is 10.1. The highest BCUT2D eigenvalue weighted by atomic mass is 35.5. The lowest BCUT2D eigenvalue weighted by molar-refractivity contribution is 0.407. The molecule has 12 aromatic rings. The number of anilines is 4. The zero-order chi connectivity index (χ0) is 75.0. The van der Waals surface area contributed by atoms with Gasteiger partial charge in [0.1, 0.15) is 68.4 Å². The first-order valence-corrected chi connectivity index (χ1v) is 36.8. The second kappa shape index (κ2) is 33.7. The molecule has 4 saturated heterocycles. The van der Waals surface area contributed by atoms with E-state index in [2.05, 4.69) is 68.6 Å². The smallest absolute Gasteiger partial charge is 0.193 e. The Morgan fingerprint density at radius 2 is 0.645 bits per heavy atom. The summed E-state index contributed by atoms with van der Waals surface area (Å²) in [5.41, 5.74) is 9.34. The van der Waals surface area contributed by atoms with E-state index >= 15 is 0 Å². The van der Waals surface area contributed by atoms with Crippen molar-refractivity contribution in [3.8, 4) is 68.3 Å². The summed E-state index contributed by atoms with van der Waals surface area (Å²) in [6.07, 6.45) is 0. The summed E-state index contributed by atoms with van der Waals surface area (Å²) in [6.45, 7) is 19.8. The largest absolute Gasteiger partial charge is 0.497 e. The van der Waals surface area contributed by atoms with Crippen molar-refractivity contribution in [1.82, 2.24) is 21.3 Å². The third-order valence-corrected chi connectivity index (χ3v) is 20.3. The van der Waals surface area contributed by atoms with Crippen LogP contribution in [0.15, 0.2) is 213 Å². The number of halogens is 3. The summed E-state index contributed by atoms with van der Waals surface area (Å²) in [5, 5.41) is 17.5. The Labute approximate surface area is 634 Å². The molecular weight excluding hydrogens is 1420 g/mol. The monoisotopic (exact) mass is 1500 g/mol. The van der Waals surface area contributed by atoms with Crippen molar-refractivity contribution in [3.63, 3.8) is 0 Å². The molecule has 4 atom stereocenters. The molecule has 107 heavy (non-hydrogen) atoms. The van der Waals surface area contributed by atoms with Crippen molar-refractivity contribution < 1.29 is 36.6 Å². The van der Waals surface area contributed by atoms with Crippen molar-refractivity contribution in [1.29, 1.82) is 0 Å². The fraction of sp³-hybridized carbons (Fsp3) is 0.286. The third kappa shape index (κ3) is 17.6. The van der Waals surface area contributed by atoms with E-state index in [9.17, 15) is 19.2 Å². The average Bonchev–Trinajstić information content (AvgIpc) is 0.793. The highest BCUT2D eigenvalue weighted by molar-refractivity contribution is 6.33. The maximum Gasteiger partial charge on any atom is 0.193 e. The van der Waals surface area contributed by atoms with Gasteiger partial charge < -0.3 is 77.5 Å². The number of hydrogen-bond acceptors (Lipinski definition) is 20. The average molecular weight is 1510 g/mol. The number of fused-ring (bicyclic) bond motifs is 4. The topological polar surface area (TPSA) is 219 Å². The molecule has 8 heterocycles. The van der Waals surface area contributed by atoms with Crippen LogP contribution in [0.2, 0.25) is 15.1 Å². The molecule has 4 N–H and O–H groups in total. The van der Waals surface area contributed by atoms with Crippen LogP contribution in [0.4, 0.5) is 22.7 Å². The minimum Gasteiger partial charge on any atom is -0.497 e. The summed E-state index contributed by atoms with van der Waals surface area (Å²) < 4.78 is 44.7. The number of methoxy groups -OCH3 is 4. The molecule has 0 spiro atoms. The molecular formula is C84H85Cl3N8O12. The molecule has 0 unspecified atom stereocenters. The molecule has 0 bridgehead atoms. The maximum atomic E-state index is 12.8. The Bertz CT molecular complexity index is 5270. The SMILES string of the molecule is COc1ccc(-c2cc(=O)c3cc(N4CCNCC4)ccc3o2)cc1.COc1ccc(-c2cc(=O)c3cc(N4CCN[C@@H](C)C4)ccc3o2)cc1Cl.COc1ccc(-c2cc(=O)c3cc(N4CCN[C@H](C)C4)ccc3o2)cc1Cl.COc1ccc(-c2cc(=O)c3cc(N4C[C@@H](C)N[C@@H](C)C4)ccc3o2)cc1Cl. The fourth-order valence-corrected chi connectivity index (χ4v) is 14.7. The van der Waals surface area contributed by atoms with Crippen LogP contribution in [0.25, 0.3) is 89.2 Å². The number of hydrogen-bond donors (Lipinski definition) is 4. The van der Waals surface area contributed by atoms with E-state index in [1.165, 1.54) is 18.2 Å². The first kappa shape index (κ1) is 75.0. The summed E-state index contributed by atoms with van der Waals surface area (Å²) >= 11 is 18.6. The van der Waals surface area contributed by atoms with Crippen molar-refractivity contribution in [2.75, 3.05) is 127 Å². The molecule has 0 saturated carbocycles. The van der Waals surface area contributed by atoms with Crippen molar-refractivity contribution in [3.05, 3.63) is 232 Å². The van der Waals surface area contributed by atoms with Crippen LogP contribution in [0.5, 0.6) is 23.0 Å². The zero-order valence-electron chi connectivity index (χ0n) is 60.9. The van der Waals surface area contributed by atoms with Crippen LogP contribution in [0, 0.1) is 0 Å². The molecule has 20 nitrogen and oxygen atoms in total. The number of piperazine rings is 4. The number of rotatable bonds is 12. The van der Waals surface area contributed by atoms with Gasteiger partial charge in [-0.25, -0.2) is 0 Å². The van der Waals surface area contributed by atoms with E-state index in [0.717, 1.165) is 129 Å². The lowest BCUT2D eigenvalue weighted by Gasteiger charge is -2.37. The molecule has 8 aromatic carbocycles. The van der Waals surface area contributed by atoms with E-state index in [1.54, 1.807) is 70.9 Å². The molecule has 4 aromatic heterocycles. The summed E-state index contributed by atoms with van der Waals surface area (Å²) in [7, 11) is 6.32. The van der Waals surface area contributed by atoms with Crippen LogP contribution < -0.4 is 81.5 Å². The third-order valence-electron chi connectivity index (χ3n) is 19.4. The molecule has 554 valence electrons. The Kier molecular flexibility index (Phi) is 23.6. The van der Waals surface area contributed by atoms with Crippen molar-refractivity contribution >= 4 is 101 Å². The van der Waals surface area contributed by atoms with Gasteiger partial charge in [-0.05, 0) is 179 Å². The van der Waals surface area contributed by atoms with E-state index in [0.29, 0.717) is 123 Å². The highest BCUT2D eigenvalue weighted by Gasteiger charge is 2.24. The molecule has 0 aliphatic carbocycles. The van der Waals surface area contributed by atoms with Gasteiger partial charge in [-0.3, -0.25) is 19.2 Å². The van der Waals surface area contributed by atoms with Crippen LogP contribution in [-0.2, 0) is 0 Å². The van der Waals surface area contributed by atoms with Crippen LogP contribution >= 0.6 is 34.8 Å². The van der Waals surface area contributed by atoms with E-state index in [4.69, 9.17) is 71.4 Å². The van der Waals surface area contributed by atoms with Gasteiger partial charge >= 0.3 is 0 Å². The lowest BCUT2D eigenvalue weighted by Crippen LogP contribution is -2.54. The number of ether oxygens (including phenoxy) is 4. The number of nitrogens with zero attached hydrogens (tertiary/aromatic N) is 4. The zero-order valence-corrected chi connectivity index (χ0v) is 63.1. The highest BCUT2D eigenvalue weighted by Crippen LogP contribution is 2.36. The Balaban J connectivity index is 0.000000126. The second-order valence-electron chi connectivity index (χ2n) is 27.1. The molecule has 0 amide bonds. The van der Waals surface area contributed by atoms with Gasteiger partial charge in [0.15, 0.2) is 21.7 Å². The van der Waals surface area contributed by atoms with E-state index in [-0.39, 0.29) is 21.7 Å². The van der Waals surface area contributed by atoms with Gasteiger partial charge in [0.2, 0.25) is 0 Å². The molecule has 4 aliphatic rings. The second-order valence-corrected chi connectivity index (χ2v) is 28.3. The molecule has 16 rings (SSSR count). The summed E-state index contributed by atoms with van der Waals surface area (Å²) in [5.74, 6) is 4.54. The van der Waals surface area contributed by atoms with Crippen LogP contribution in [-0.4, -0.2) is 131 Å². The summed E-state index contributed by atoms with van der Waals surface area (Å²) in [6, 6.07) is 54.5.